The van der Waals surface area contributed by atoms with Gasteiger partial charge in [0.05, 0.1) is 17.8 Å². The Morgan fingerprint density at radius 1 is 1.31 bits per heavy atom. The maximum atomic E-state index is 13.3. The molecule has 0 saturated heterocycles. The second-order valence-corrected chi connectivity index (χ2v) is 8.63. The Labute approximate surface area is 174 Å². The van der Waals surface area contributed by atoms with Crippen LogP contribution in [-0.2, 0) is 10.3 Å². The van der Waals surface area contributed by atoms with Gasteiger partial charge in [0.15, 0.2) is 0 Å². The fraction of sp³-hybridized carbons (Fsp3) is 0.565. The number of methoxy groups -OCH3 is 1. The lowest BCUT2D eigenvalue weighted by atomic mass is 9.88. The van der Waals surface area contributed by atoms with Crippen molar-refractivity contribution in [1.82, 2.24) is 15.1 Å². The number of anilines is 1. The molecule has 1 aliphatic rings. The Morgan fingerprint density at radius 3 is 2.62 bits per heavy atom. The molecule has 2 aromatic rings. The first-order valence-electron chi connectivity index (χ1n) is 10.6. The Kier molecular flexibility index (Phi) is 6.32. The molecule has 1 aromatic heterocycles. The number of rotatable bonds is 8. The summed E-state index contributed by atoms with van der Waals surface area (Å²) in [5, 5.41) is 11.4. The van der Waals surface area contributed by atoms with E-state index >= 15 is 0 Å². The van der Waals surface area contributed by atoms with Gasteiger partial charge in [-0.25, -0.2) is 4.68 Å². The number of aromatic nitrogens is 2. The number of nitrogens with one attached hydrogen (secondary N) is 2. The highest BCUT2D eigenvalue weighted by molar-refractivity contribution is 5.99. The highest BCUT2D eigenvalue weighted by Crippen LogP contribution is 2.40. The normalized spacial score (nSPS) is 18.0. The van der Waals surface area contributed by atoms with E-state index in [0.717, 1.165) is 31.5 Å². The first kappa shape index (κ1) is 21.4. The van der Waals surface area contributed by atoms with Crippen LogP contribution in [0.3, 0.4) is 0 Å². The van der Waals surface area contributed by atoms with Crippen molar-refractivity contribution in [3.8, 4) is 0 Å². The van der Waals surface area contributed by atoms with Crippen molar-refractivity contribution in [3.63, 3.8) is 0 Å². The van der Waals surface area contributed by atoms with Gasteiger partial charge in [-0.05, 0) is 45.1 Å². The zero-order chi connectivity index (χ0) is 21.1. The minimum atomic E-state index is -0.273. The topological polar surface area (TPSA) is 68.2 Å². The lowest BCUT2D eigenvalue weighted by Crippen LogP contribution is -2.48. The number of fused-ring (bicyclic) bond motifs is 1. The summed E-state index contributed by atoms with van der Waals surface area (Å²) in [6.07, 6.45) is 5.09. The Balaban J connectivity index is 1.90. The van der Waals surface area contributed by atoms with Gasteiger partial charge in [0.1, 0.15) is 11.4 Å². The van der Waals surface area contributed by atoms with Crippen molar-refractivity contribution in [2.45, 2.75) is 70.5 Å². The van der Waals surface area contributed by atoms with Crippen LogP contribution in [0.4, 0.5) is 5.82 Å². The molecule has 6 heteroatoms. The molecule has 1 aromatic carbocycles. The monoisotopic (exact) mass is 398 g/mol. The highest BCUT2D eigenvalue weighted by atomic mass is 16.5. The molecule has 158 valence electrons. The van der Waals surface area contributed by atoms with E-state index in [1.807, 2.05) is 10.7 Å². The molecule has 0 saturated carbocycles. The van der Waals surface area contributed by atoms with Gasteiger partial charge in [0.2, 0.25) is 0 Å². The maximum Gasteiger partial charge on any atom is 0.257 e. The van der Waals surface area contributed by atoms with Gasteiger partial charge in [-0.1, -0.05) is 44.2 Å². The average molecular weight is 399 g/mol. The summed E-state index contributed by atoms with van der Waals surface area (Å²) in [5.41, 5.74) is 1.35. The van der Waals surface area contributed by atoms with Gasteiger partial charge in [-0.2, -0.15) is 5.10 Å². The Hall–Kier alpha value is -2.34. The third-order valence-corrected chi connectivity index (χ3v) is 6.32. The summed E-state index contributed by atoms with van der Waals surface area (Å²) in [4.78, 5) is 13.3. The summed E-state index contributed by atoms with van der Waals surface area (Å²) < 4.78 is 7.23. The summed E-state index contributed by atoms with van der Waals surface area (Å²) >= 11 is 0. The molecule has 6 nitrogen and oxygen atoms in total. The van der Waals surface area contributed by atoms with Crippen LogP contribution in [0.5, 0.6) is 0 Å². The molecule has 1 unspecified atom stereocenters. The second kappa shape index (κ2) is 8.57. The van der Waals surface area contributed by atoms with Crippen molar-refractivity contribution >= 4 is 11.7 Å². The predicted octanol–water partition coefficient (Wildman–Crippen LogP) is 4.50. The van der Waals surface area contributed by atoms with E-state index in [9.17, 15) is 4.79 Å². The van der Waals surface area contributed by atoms with Crippen molar-refractivity contribution in [1.29, 1.82) is 0 Å². The van der Waals surface area contributed by atoms with Gasteiger partial charge in [-0.3, -0.25) is 4.79 Å². The predicted molar refractivity (Wildman–Crippen MR) is 116 cm³/mol. The van der Waals surface area contributed by atoms with Crippen LogP contribution in [0.25, 0.3) is 0 Å². The van der Waals surface area contributed by atoms with Crippen LogP contribution in [0.2, 0.25) is 0 Å². The standard InChI is InChI=1S/C23H34N4O2/c1-6-23(7-2,13-14-29-5)26-21(28)18-16-24-27-20(18)25-19(15-22(27,3)4)17-11-9-8-10-12-17/h8-12,16,19,25H,6-7,13-15H2,1-5H3,(H,26,28). The van der Waals surface area contributed by atoms with E-state index in [0.29, 0.717) is 12.2 Å². The molecular weight excluding hydrogens is 364 g/mol. The lowest BCUT2D eigenvalue weighted by molar-refractivity contribution is 0.0851. The molecule has 0 bridgehead atoms. The third-order valence-electron chi connectivity index (χ3n) is 6.32. The van der Waals surface area contributed by atoms with Crippen LogP contribution in [-0.4, -0.2) is 34.9 Å². The van der Waals surface area contributed by atoms with E-state index < -0.39 is 0 Å². The lowest BCUT2D eigenvalue weighted by Gasteiger charge is -2.38. The zero-order valence-corrected chi connectivity index (χ0v) is 18.3. The molecule has 29 heavy (non-hydrogen) atoms. The summed E-state index contributed by atoms with van der Waals surface area (Å²) in [6.45, 7) is 9.18. The molecule has 0 spiro atoms. The van der Waals surface area contributed by atoms with Crippen molar-refractivity contribution in [2.24, 2.45) is 0 Å². The smallest absolute Gasteiger partial charge is 0.257 e. The molecular formula is C23H34N4O2. The molecule has 3 rings (SSSR count). The number of hydrogen-bond acceptors (Lipinski definition) is 4. The molecule has 1 aliphatic heterocycles. The first-order valence-corrected chi connectivity index (χ1v) is 10.6. The van der Waals surface area contributed by atoms with Crippen molar-refractivity contribution in [3.05, 3.63) is 47.7 Å². The number of nitrogens with zero attached hydrogens (tertiary/aromatic N) is 2. The highest BCUT2D eigenvalue weighted by Gasteiger charge is 2.37. The zero-order valence-electron chi connectivity index (χ0n) is 18.3. The second-order valence-electron chi connectivity index (χ2n) is 8.63. The minimum Gasteiger partial charge on any atom is -0.385 e. The van der Waals surface area contributed by atoms with Crippen molar-refractivity contribution in [2.75, 3.05) is 19.0 Å². The molecule has 1 amide bonds. The number of ether oxygens (including phenoxy) is 1. The van der Waals surface area contributed by atoms with Crippen LogP contribution < -0.4 is 10.6 Å². The Morgan fingerprint density at radius 2 is 2.00 bits per heavy atom. The van der Waals surface area contributed by atoms with Crippen LogP contribution >= 0.6 is 0 Å². The first-order chi connectivity index (χ1) is 13.9. The quantitative estimate of drug-likeness (QED) is 0.687. The van der Waals surface area contributed by atoms with Gasteiger partial charge in [0.25, 0.3) is 5.91 Å². The molecule has 2 N–H and O–H groups in total. The average Bonchev–Trinajstić information content (AvgIpc) is 3.17. The molecule has 1 atom stereocenters. The number of amides is 1. The van der Waals surface area contributed by atoms with Gasteiger partial charge >= 0.3 is 0 Å². The molecule has 0 fully saturated rings. The van der Waals surface area contributed by atoms with E-state index in [1.54, 1.807) is 13.3 Å². The third kappa shape index (κ3) is 4.32. The number of carbonyl (C=O) groups excluding carboxylic acids is 1. The molecule has 2 heterocycles. The van der Waals surface area contributed by atoms with E-state index in [2.05, 4.69) is 67.7 Å². The van der Waals surface area contributed by atoms with E-state index in [1.165, 1.54) is 5.56 Å². The van der Waals surface area contributed by atoms with Crippen LogP contribution in [0.1, 0.15) is 75.3 Å². The number of carbonyl (C=O) groups is 1. The van der Waals surface area contributed by atoms with Crippen molar-refractivity contribution < 1.29 is 9.53 Å². The van der Waals surface area contributed by atoms with Crippen LogP contribution in [0, 0.1) is 0 Å². The SMILES string of the molecule is CCC(CC)(CCOC)NC(=O)c1cnn2c1NC(c1ccccc1)CC2(C)C. The fourth-order valence-electron chi connectivity index (χ4n) is 4.25. The van der Waals surface area contributed by atoms with E-state index in [4.69, 9.17) is 4.74 Å². The maximum absolute atomic E-state index is 13.3. The fourth-order valence-corrected chi connectivity index (χ4v) is 4.25. The van der Waals surface area contributed by atoms with Crippen LogP contribution in [0.15, 0.2) is 36.5 Å². The molecule has 0 aliphatic carbocycles. The summed E-state index contributed by atoms with van der Waals surface area (Å²) in [7, 11) is 1.70. The summed E-state index contributed by atoms with van der Waals surface area (Å²) in [5.74, 6) is 0.712. The number of benzene rings is 1. The van der Waals surface area contributed by atoms with Gasteiger partial charge in [0, 0.05) is 19.3 Å². The minimum absolute atomic E-state index is 0.0805. The van der Waals surface area contributed by atoms with Gasteiger partial charge in [-0.15, -0.1) is 0 Å². The summed E-state index contributed by atoms with van der Waals surface area (Å²) in [6, 6.07) is 10.5. The van der Waals surface area contributed by atoms with E-state index in [-0.39, 0.29) is 23.0 Å². The number of hydrogen-bond donors (Lipinski definition) is 2. The Bertz CT molecular complexity index is 825. The largest absolute Gasteiger partial charge is 0.385 e. The van der Waals surface area contributed by atoms with Gasteiger partial charge < -0.3 is 15.4 Å². The molecule has 0 radical (unpaired) electrons.